The molecular formula is C32H32N4O2. The summed E-state index contributed by atoms with van der Waals surface area (Å²) in [6.45, 7) is 5.10. The van der Waals surface area contributed by atoms with Gasteiger partial charge in [-0.2, -0.15) is 5.10 Å². The summed E-state index contributed by atoms with van der Waals surface area (Å²) in [5, 5.41) is 10.00. The number of nitrogens with zero attached hydrogens (tertiary/aromatic N) is 2. The SMILES string of the molecule is Cc1cccc(C)c1CNC(=O)c1cccc(CN2C(=O)c3cc(-c4cn[nH]c4)ccc3C23CCCC3)c1. The van der Waals surface area contributed by atoms with Crippen LogP contribution in [0, 0.1) is 13.8 Å². The van der Waals surface area contributed by atoms with E-state index in [4.69, 9.17) is 0 Å². The molecule has 1 aliphatic heterocycles. The van der Waals surface area contributed by atoms with E-state index in [0.29, 0.717) is 18.7 Å². The third-order valence-corrected chi connectivity index (χ3v) is 8.38. The van der Waals surface area contributed by atoms with Gasteiger partial charge in [0.25, 0.3) is 11.8 Å². The molecule has 3 aromatic carbocycles. The van der Waals surface area contributed by atoms with Crippen LogP contribution >= 0.6 is 0 Å². The average molecular weight is 505 g/mol. The second-order valence-corrected chi connectivity index (χ2v) is 10.6. The maximum atomic E-state index is 13.8. The van der Waals surface area contributed by atoms with E-state index in [0.717, 1.165) is 59.1 Å². The zero-order chi connectivity index (χ0) is 26.3. The Hall–Kier alpha value is -4.19. The summed E-state index contributed by atoms with van der Waals surface area (Å²) in [6.07, 6.45) is 7.77. The highest BCUT2D eigenvalue weighted by Gasteiger charge is 2.50. The van der Waals surface area contributed by atoms with Crippen molar-refractivity contribution in [2.75, 3.05) is 0 Å². The molecule has 6 heteroatoms. The number of fused-ring (bicyclic) bond motifs is 2. The molecule has 2 N–H and O–H groups in total. The molecule has 0 saturated heterocycles. The number of carbonyl (C=O) groups excluding carboxylic acids is 2. The van der Waals surface area contributed by atoms with Crippen LogP contribution in [0.5, 0.6) is 0 Å². The summed E-state index contributed by atoms with van der Waals surface area (Å²) in [7, 11) is 0. The summed E-state index contributed by atoms with van der Waals surface area (Å²) in [5.74, 6) is -0.0389. The van der Waals surface area contributed by atoms with Crippen molar-refractivity contribution in [2.45, 2.75) is 58.2 Å². The molecule has 0 bridgehead atoms. The van der Waals surface area contributed by atoms with E-state index in [1.165, 1.54) is 11.1 Å². The van der Waals surface area contributed by atoms with E-state index in [1.807, 2.05) is 42.6 Å². The van der Waals surface area contributed by atoms with Gasteiger partial charge in [0.15, 0.2) is 0 Å². The normalized spacial score (nSPS) is 15.7. The van der Waals surface area contributed by atoms with E-state index in [1.54, 1.807) is 6.20 Å². The summed E-state index contributed by atoms with van der Waals surface area (Å²) in [4.78, 5) is 29.0. The number of amides is 2. The molecule has 6 rings (SSSR count). The van der Waals surface area contributed by atoms with Crippen molar-refractivity contribution in [3.63, 3.8) is 0 Å². The minimum atomic E-state index is -0.276. The molecule has 1 fully saturated rings. The zero-order valence-corrected chi connectivity index (χ0v) is 21.9. The molecule has 1 spiro atoms. The Balaban J connectivity index is 1.25. The number of carbonyl (C=O) groups is 2. The van der Waals surface area contributed by atoms with Crippen LogP contribution in [-0.4, -0.2) is 26.9 Å². The van der Waals surface area contributed by atoms with Gasteiger partial charge in [0.2, 0.25) is 0 Å². The Labute approximate surface area is 223 Å². The Bertz CT molecular complexity index is 1500. The lowest BCUT2D eigenvalue weighted by Gasteiger charge is -2.36. The fraction of sp³-hybridized carbons (Fsp3) is 0.281. The van der Waals surface area contributed by atoms with Gasteiger partial charge in [-0.1, -0.05) is 55.3 Å². The number of rotatable bonds is 6. The maximum Gasteiger partial charge on any atom is 0.255 e. The number of nitrogens with one attached hydrogen (secondary N) is 2. The van der Waals surface area contributed by atoms with Crippen LogP contribution in [0.15, 0.2) is 73.1 Å². The molecule has 4 aromatic rings. The lowest BCUT2D eigenvalue weighted by atomic mass is 9.86. The molecule has 0 radical (unpaired) electrons. The first kappa shape index (κ1) is 24.2. The first-order valence-corrected chi connectivity index (χ1v) is 13.3. The maximum absolute atomic E-state index is 13.8. The van der Waals surface area contributed by atoms with E-state index < -0.39 is 0 Å². The fourth-order valence-electron chi connectivity index (χ4n) is 6.31. The molecule has 38 heavy (non-hydrogen) atoms. The minimum Gasteiger partial charge on any atom is -0.348 e. The smallest absolute Gasteiger partial charge is 0.255 e. The lowest BCUT2D eigenvalue weighted by Crippen LogP contribution is -2.41. The van der Waals surface area contributed by atoms with Gasteiger partial charge >= 0.3 is 0 Å². The zero-order valence-electron chi connectivity index (χ0n) is 21.9. The number of aromatic nitrogens is 2. The fourth-order valence-corrected chi connectivity index (χ4v) is 6.31. The highest BCUT2D eigenvalue weighted by molar-refractivity contribution is 6.01. The quantitative estimate of drug-likeness (QED) is 0.336. The first-order valence-electron chi connectivity index (χ1n) is 13.3. The number of aromatic amines is 1. The van der Waals surface area contributed by atoms with E-state index >= 15 is 0 Å². The Morgan fingerprint density at radius 2 is 1.76 bits per heavy atom. The van der Waals surface area contributed by atoms with Gasteiger partial charge in [-0.3, -0.25) is 14.7 Å². The molecular weight excluding hydrogens is 472 g/mol. The van der Waals surface area contributed by atoms with E-state index in [9.17, 15) is 9.59 Å². The van der Waals surface area contributed by atoms with Crippen LogP contribution in [0.25, 0.3) is 11.1 Å². The van der Waals surface area contributed by atoms with E-state index in [2.05, 4.69) is 58.5 Å². The summed E-state index contributed by atoms with van der Waals surface area (Å²) >= 11 is 0. The molecule has 1 aromatic heterocycles. The number of aryl methyl sites for hydroxylation is 2. The number of H-pyrrole nitrogens is 1. The molecule has 2 amide bonds. The molecule has 6 nitrogen and oxygen atoms in total. The molecule has 2 aliphatic rings. The van der Waals surface area contributed by atoms with Crippen molar-refractivity contribution in [2.24, 2.45) is 0 Å². The van der Waals surface area contributed by atoms with Crippen molar-refractivity contribution in [1.82, 2.24) is 20.4 Å². The van der Waals surface area contributed by atoms with Crippen LogP contribution in [-0.2, 0) is 18.6 Å². The summed E-state index contributed by atoms with van der Waals surface area (Å²) < 4.78 is 0. The van der Waals surface area contributed by atoms with Crippen LogP contribution in [0.2, 0.25) is 0 Å². The second-order valence-electron chi connectivity index (χ2n) is 10.6. The van der Waals surface area contributed by atoms with Gasteiger partial charge in [0.1, 0.15) is 0 Å². The Morgan fingerprint density at radius 1 is 1.00 bits per heavy atom. The van der Waals surface area contributed by atoms with Crippen molar-refractivity contribution >= 4 is 11.8 Å². The molecule has 192 valence electrons. The lowest BCUT2D eigenvalue weighted by molar-refractivity contribution is 0.0529. The Kier molecular flexibility index (Phi) is 6.10. The van der Waals surface area contributed by atoms with Crippen molar-refractivity contribution < 1.29 is 9.59 Å². The van der Waals surface area contributed by atoms with Gasteiger partial charge in [-0.05, 0) is 78.3 Å². The van der Waals surface area contributed by atoms with Crippen LogP contribution < -0.4 is 5.32 Å². The predicted molar refractivity (Wildman–Crippen MR) is 148 cm³/mol. The first-order chi connectivity index (χ1) is 18.5. The Morgan fingerprint density at radius 3 is 2.50 bits per heavy atom. The van der Waals surface area contributed by atoms with Gasteiger partial charge in [-0.15, -0.1) is 0 Å². The molecule has 1 saturated carbocycles. The van der Waals surface area contributed by atoms with Crippen molar-refractivity contribution in [3.05, 3.63) is 112 Å². The van der Waals surface area contributed by atoms with Crippen LogP contribution in [0.4, 0.5) is 0 Å². The molecule has 0 unspecified atom stereocenters. The monoisotopic (exact) mass is 504 g/mol. The van der Waals surface area contributed by atoms with Crippen molar-refractivity contribution in [1.29, 1.82) is 0 Å². The molecule has 2 heterocycles. The molecule has 0 atom stereocenters. The van der Waals surface area contributed by atoms with Crippen LogP contribution in [0.1, 0.15) is 74.2 Å². The highest BCUT2D eigenvalue weighted by atomic mass is 16.2. The van der Waals surface area contributed by atoms with E-state index in [-0.39, 0.29) is 17.4 Å². The second kappa shape index (κ2) is 9.60. The van der Waals surface area contributed by atoms with Crippen molar-refractivity contribution in [3.8, 4) is 11.1 Å². The largest absolute Gasteiger partial charge is 0.348 e. The third-order valence-electron chi connectivity index (χ3n) is 8.38. The number of hydrogen-bond donors (Lipinski definition) is 2. The third kappa shape index (κ3) is 4.10. The predicted octanol–water partition coefficient (Wildman–Crippen LogP) is 6.05. The van der Waals surface area contributed by atoms with Gasteiger partial charge in [-0.25, -0.2) is 0 Å². The number of hydrogen-bond acceptors (Lipinski definition) is 3. The van der Waals surface area contributed by atoms with Gasteiger partial charge < -0.3 is 10.2 Å². The summed E-state index contributed by atoms with van der Waals surface area (Å²) in [5.41, 5.74) is 8.67. The molecule has 1 aliphatic carbocycles. The highest BCUT2D eigenvalue weighted by Crippen LogP contribution is 2.51. The topological polar surface area (TPSA) is 78.1 Å². The van der Waals surface area contributed by atoms with Gasteiger partial charge in [0, 0.05) is 36.0 Å². The minimum absolute atomic E-state index is 0.0668. The van der Waals surface area contributed by atoms with Crippen LogP contribution in [0.3, 0.4) is 0 Å². The van der Waals surface area contributed by atoms with Gasteiger partial charge in [0.05, 0.1) is 11.7 Å². The standard InChI is InChI=1S/C32H32N4O2/c1-21-7-5-8-22(2)28(21)19-33-30(37)25-10-6-9-23(15-25)20-36-31(38)27-16-24(26-17-34-35-18-26)11-12-29(27)32(36)13-3-4-14-32/h5-12,15-18H,3-4,13-14,19-20H2,1-2H3,(H,33,37)(H,34,35). The summed E-state index contributed by atoms with van der Waals surface area (Å²) in [6, 6.07) is 20.1. The number of benzene rings is 3. The average Bonchev–Trinajstić information content (AvgIpc) is 3.68.